The van der Waals surface area contributed by atoms with Crippen LogP contribution in [-0.2, 0) is 9.53 Å². The molecule has 2 aliphatic rings. The van der Waals surface area contributed by atoms with Crippen molar-refractivity contribution in [3.8, 4) is 0 Å². The van der Waals surface area contributed by atoms with Crippen LogP contribution < -0.4 is 10.6 Å². The number of amides is 2. The van der Waals surface area contributed by atoms with Crippen molar-refractivity contribution in [3.05, 3.63) is 0 Å². The summed E-state index contributed by atoms with van der Waals surface area (Å²) < 4.78 is 5.16. The lowest BCUT2D eigenvalue weighted by Crippen LogP contribution is -2.51. The highest BCUT2D eigenvalue weighted by molar-refractivity contribution is 5.77. The van der Waals surface area contributed by atoms with E-state index in [1.807, 2.05) is 0 Å². The van der Waals surface area contributed by atoms with Crippen molar-refractivity contribution in [3.63, 3.8) is 0 Å². The van der Waals surface area contributed by atoms with Crippen LogP contribution in [0, 0.1) is 11.8 Å². The quantitative estimate of drug-likeness (QED) is 0.721. The molecule has 0 aromatic rings. The first kappa shape index (κ1) is 16.1. The highest BCUT2D eigenvalue weighted by Gasteiger charge is 2.35. The van der Waals surface area contributed by atoms with Gasteiger partial charge in [0.1, 0.15) is 5.92 Å². The third-order valence-corrected chi connectivity index (χ3v) is 4.69. The summed E-state index contributed by atoms with van der Waals surface area (Å²) in [5.41, 5.74) is 0. The molecular formula is C15H26N2O4. The number of carbonyl (C=O) groups is 2. The second kappa shape index (κ2) is 7.64. The van der Waals surface area contributed by atoms with Crippen molar-refractivity contribution < 1.29 is 19.4 Å². The number of carboxylic acid groups (broad SMARTS) is 1. The van der Waals surface area contributed by atoms with Crippen molar-refractivity contribution in [2.75, 3.05) is 13.2 Å². The Balaban J connectivity index is 1.83. The Morgan fingerprint density at radius 1 is 1.24 bits per heavy atom. The molecule has 2 amide bonds. The first-order chi connectivity index (χ1) is 10.1. The van der Waals surface area contributed by atoms with Gasteiger partial charge in [-0.05, 0) is 25.2 Å². The van der Waals surface area contributed by atoms with Crippen molar-refractivity contribution in [1.82, 2.24) is 10.6 Å². The lowest BCUT2D eigenvalue weighted by atomic mass is 9.83. The van der Waals surface area contributed by atoms with E-state index in [2.05, 4.69) is 17.6 Å². The van der Waals surface area contributed by atoms with E-state index in [0.29, 0.717) is 5.92 Å². The van der Waals surface area contributed by atoms with Gasteiger partial charge in [-0.3, -0.25) is 4.79 Å². The lowest BCUT2D eigenvalue weighted by Gasteiger charge is -2.30. The fourth-order valence-electron chi connectivity index (χ4n) is 3.41. The van der Waals surface area contributed by atoms with E-state index in [-0.39, 0.29) is 25.3 Å². The second-order valence-corrected chi connectivity index (χ2v) is 6.12. The normalized spacial score (nSPS) is 28.0. The first-order valence-electron chi connectivity index (χ1n) is 7.99. The van der Waals surface area contributed by atoms with Gasteiger partial charge in [0.05, 0.1) is 19.3 Å². The predicted octanol–water partition coefficient (Wildman–Crippen LogP) is 1.74. The Morgan fingerprint density at radius 3 is 2.57 bits per heavy atom. The Labute approximate surface area is 125 Å². The summed E-state index contributed by atoms with van der Waals surface area (Å²) >= 11 is 0. The van der Waals surface area contributed by atoms with Crippen molar-refractivity contribution in [2.45, 2.75) is 57.5 Å². The van der Waals surface area contributed by atoms with Crippen LogP contribution in [-0.4, -0.2) is 42.4 Å². The number of hydrogen-bond donors (Lipinski definition) is 3. The van der Waals surface area contributed by atoms with Crippen LogP contribution in [0.5, 0.6) is 0 Å². The van der Waals surface area contributed by atoms with Crippen molar-refractivity contribution in [1.29, 1.82) is 0 Å². The average Bonchev–Trinajstić information content (AvgIpc) is 2.94. The summed E-state index contributed by atoms with van der Waals surface area (Å²) in [5.74, 6) is -1.02. The van der Waals surface area contributed by atoms with Crippen LogP contribution in [0.1, 0.15) is 45.4 Å². The molecule has 1 aliphatic carbocycles. The number of carbonyl (C=O) groups excluding carboxylic acids is 1. The topological polar surface area (TPSA) is 87.7 Å². The van der Waals surface area contributed by atoms with E-state index in [1.165, 1.54) is 32.1 Å². The number of carboxylic acids is 1. The minimum Gasteiger partial charge on any atom is -0.481 e. The molecule has 6 heteroatoms. The van der Waals surface area contributed by atoms with Crippen LogP contribution in [0.25, 0.3) is 0 Å². The number of hydrogen-bond acceptors (Lipinski definition) is 3. The minimum atomic E-state index is -0.919. The van der Waals surface area contributed by atoms with Crippen molar-refractivity contribution in [2.24, 2.45) is 11.8 Å². The highest BCUT2D eigenvalue weighted by atomic mass is 16.5. The van der Waals surface area contributed by atoms with Crippen molar-refractivity contribution >= 4 is 12.0 Å². The number of aliphatic carboxylic acids is 1. The molecule has 2 rings (SSSR count). The standard InChI is InChI=1S/C15H26N2O4/c1-2-12(10-6-4-3-5-7-10)16-15(20)17-13-9-21-8-11(13)14(18)19/h10-13H,2-9H2,1H3,(H,18,19)(H2,16,17,20). The molecule has 0 bridgehead atoms. The molecule has 0 aromatic carbocycles. The second-order valence-electron chi connectivity index (χ2n) is 6.12. The summed E-state index contributed by atoms with van der Waals surface area (Å²) in [6.45, 7) is 2.52. The van der Waals surface area contributed by atoms with Gasteiger partial charge in [-0.2, -0.15) is 0 Å². The molecule has 2 fully saturated rings. The van der Waals surface area contributed by atoms with Gasteiger partial charge < -0.3 is 20.5 Å². The average molecular weight is 298 g/mol. The minimum absolute atomic E-state index is 0.167. The monoisotopic (exact) mass is 298 g/mol. The zero-order chi connectivity index (χ0) is 15.2. The molecule has 3 unspecified atom stereocenters. The van der Waals surface area contributed by atoms with Crippen LogP contribution in [0.4, 0.5) is 4.79 Å². The number of urea groups is 1. The molecule has 0 aromatic heterocycles. The zero-order valence-corrected chi connectivity index (χ0v) is 12.6. The van der Waals surface area contributed by atoms with Crippen LogP contribution >= 0.6 is 0 Å². The molecule has 120 valence electrons. The number of nitrogens with one attached hydrogen (secondary N) is 2. The summed E-state index contributed by atoms with van der Waals surface area (Å²) in [6.07, 6.45) is 7.01. The van der Waals surface area contributed by atoms with Crippen LogP contribution in [0.3, 0.4) is 0 Å². The summed E-state index contributed by atoms with van der Waals surface area (Å²) in [7, 11) is 0. The molecule has 3 N–H and O–H groups in total. The van der Waals surface area contributed by atoms with E-state index in [0.717, 1.165) is 6.42 Å². The maximum Gasteiger partial charge on any atom is 0.315 e. The third kappa shape index (κ3) is 4.33. The highest BCUT2D eigenvalue weighted by Crippen LogP contribution is 2.27. The van der Waals surface area contributed by atoms with Gasteiger partial charge >= 0.3 is 12.0 Å². The molecule has 0 radical (unpaired) electrons. The van der Waals surface area contributed by atoms with E-state index in [4.69, 9.17) is 9.84 Å². The fraction of sp³-hybridized carbons (Fsp3) is 0.867. The molecule has 1 aliphatic heterocycles. The maximum absolute atomic E-state index is 12.1. The molecule has 21 heavy (non-hydrogen) atoms. The van der Waals surface area contributed by atoms with E-state index in [9.17, 15) is 9.59 Å². The summed E-state index contributed by atoms with van der Waals surface area (Å²) in [4.78, 5) is 23.2. The predicted molar refractivity (Wildman–Crippen MR) is 78.1 cm³/mol. The third-order valence-electron chi connectivity index (χ3n) is 4.69. The smallest absolute Gasteiger partial charge is 0.315 e. The van der Waals surface area contributed by atoms with Gasteiger partial charge in [0.15, 0.2) is 0 Å². The van der Waals surface area contributed by atoms with Gasteiger partial charge in [0, 0.05) is 6.04 Å². The van der Waals surface area contributed by atoms with Gasteiger partial charge in [0.25, 0.3) is 0 Å². The molecule has 0 spiro atoms. The van der Waals surface area contributed by atoms with Gasteiger partial charge in [0.2, 0.25) is 0 Å². The van der Waals surface area contributed by atoms with Crippen LogP contribution in [0.2, 0.25) is 0 Å². The lowest BCUT2D eigenvalue weighted by molar-refractivity contribution is -0.142. The van der Waals surface area contributed by atoms with Crippen LogP contribution in [0.15, 0.2) is 0 Å². The summed E-state index contributed by atoms with van der Waals surface area (Å²) in [6, 6.07) is -0.531. The Morgan fingerprint density at radius 2 is 1.95 bits per heavy atom. The molecule has 1 heterocycles. The van der Waals surface area contributed by atoms with Gasteiger partial charge in [-0.25, -0.2) is 4.79 Å². The Hall–Kier alpha value is -1.30. The molecule has 1 saturated heterocycles. The first-order valence-corrected chi connectivity index (χ1v) is 7.99. The number of rotatable bonds is 5. The zero-order valence-electron chi connectivity index (χ0n) is 12.6. The fourth-order valence-corrected chi connectivity index (χ4v) is 3.41. The SMILES string of the molecule is CCC(NC(=O)NC1COCC1C(=O)O)C1CCCCC1. The molecule has 6 nitrogen and oxygen atoms in total. The number of ether oxygens (including phenoxy) is 1. The van der Waals surface area contributed by atoms with Gasteiger partial charge in [-0.1, -0.05) is 26.2 Å². The molecule has 3 atom stereocenters. The molecular weight excluding hydrogens is 272 g/mol. The summed E-state index contributed by atoms with van der Waals surface area (Å²) in [5, 5.41) is 14.9. The van der Waals surface area contributed by atoms with E-state index in [1.54, 1.807) is 0 Å². The largest absolute Gasteiger partial charge is 0.481 e. The Kier molecular flexibility index (Phi) is 5.85. The van der Waals surface area contributed by atoms with Gasteiger partial charge in [-0.15, -0.1) is 0 Å². The maximum atomic E-state index is 12.1. The van der Waals surface area contributed by atoms with E-state index < -0.39 is 17.9 Å². The Bertz CT molecular complexity index is 369. The molecule has 1 saturated carbocycles. The van der Waals surface area contributed by atoms with E-state index >= 15 is 0 Å².